The van der Waals surface area contributed by atoms with Gasteiger partial charge in [0.05, 0.1) is 0 Å². The lowest BCUT2D eigenvalue weighted by atomic mass is 9.42. The lowest BCUT2D eigenvalue weighted by Crippen LogP contribution is -2.56. The Balaban J connectivity index is 1.49. The normalized spacial score (nSPS) is 45.8. The van der Waals surface area contributed by atoms with Crippen LogP contribution in [0.1, 0.15) is 138 Å². The molecule has 0 aliphatic heterocycles. The maximum absolute atomic E-state index is 2.79. The summed E-state index contributed by atoms with van der Waals surface area (Å²) in [5, 5.41) is 0. The molecular weight excluding hydrogens is 384 g/mol. The molecule has 0 aromatic heterocycles. The van der Waals surface area contributed by atoms with Crippen molar-refractivity contribution in [3.8, 4) is 0 Å². The van der Waals surface area contributed by atoms with Crippen molar-refractivity contribution in [3.05, 3.63) is 0 Å². The first kappa shape index (κ1) is 25.1. The van der Waals surface area contributed by atoms with E-state index < -0.39 is 0 Å². The van der Waals surface area contributed by atoms with Crippen LogP contribution in [-0.4, -0.2) is 0 Å². The number of hydrogen-bond acceptors (Lipinski definition) is 0. The predicted octanol–water partition coefficient (Wildman–Crippen LogP) is 10.2. The van der Waals surface area contributed by atoms with E-state index in [4.69, 9.17) is 0 Å². The first-order valence-electron chi connectivity index (χ1n) is 15.3. The number of fused-ring (bicyclic) bond motifs is 5. The summed E-state index contributed by atoms with van der Waals surface area (Å²) >= 11 is 0. The van der Waals surface area contributed by atoms with E-state index in [2.05, 4.69) is 48.5 Å². The molecule has 4 fully saturated rings. The fraction of sp³-hybridized carbons (Fsp3) is 1.00. The second-order valence-electron chi connectivity index (χ2n) is 14.2. The molecule has 0 aromatic rings. The van der Waals surface area contributed by atoms with Gasteiger partial charge in [-0.05, 0) is 115 Å². The molecule has 0 heteroatoms. The molecule has 4 aliphatic carbocycles. The molecule has 0 N–H and O–H groups in total. The van der Waals surface area contributed by atoms with Gasteiger partial charge in [-0.25, -0.2) is 0 Å². The van der Waals surface area contributed by atoms with Crippen molar-refractivity contribution in [3.63, 3.8) is 0 Å². The SMILES string of the molecule is CCCC(CCC(C)C1CCC2C3C(CC)CC4CCCCC4(C)C3CCC12C)C(C)C. The third kappa shape index (κ3) is 4.26. The summed E-state index contributed by atoms with van der Waals surface area (Å²) in [5.74, 6) is 8.97. The van der Waals surface area contributed by atoms with E-state index in [1.807, 2.05) is 0 Å². The van der Waals surface area contributed by atoms with E-state index in [1.54, 1.807) is 44.9 Å². The molecule has 4 saturated carbocycles. The van der Waals surface area contributed by atoms with Gasteiger partial charge in [0.1, 0.15) is 0 Å². The van der Waals surface area contributed by atoms with E-state index >= 15 is 0 Å². The average Bonchev–Trinajstić information content (AvgIpc) is 3.12. The second-order valence-corrected chi connectivity index (χ2v) is 14.2. The molecule has 0 aromatic carbocycles. The van der Waals surface area contributed by atoms with Gasteiger partial charge >= 0.3 is 0 Å². The van der Waals surface area contributed by atoms with Crippen LogP contribution in [0.5, 0.6) is 0 Å². The van der Waals surface area contributed by atoms with Crippen LogP contribution < -0.4 is 0 Å². The third-order valence-corrected chi connectivity index (χ3v) is 12.6. The first-order chi connectivity index (χ1) is 15.3. The van der Waals surface area contributed by atoms with Crippen molar-refractivity contribution < 1.29 is 0 Å². The monoisotopic (exact) mass is 442 g/mol. The van der Waals surface area contributed by atoms with Gasteiger partial charge in [0, 0.05) is 0 Å². The first-order valence-corrected chi connectivity index (χ1v) is 15.3. The lowest BCUT2D eigenvalue weighted by Gasteiger charge is -2.63. The molecule has 0 amide bonds. The molecule has 0 heterocycles. The van der Waals surface area contributed by atoms with Crippen LogP contribution in [0.3, 0.4) is 0 Å². The standard InChI is InChI=1S/C32H58/c1-8-12-25(22(3)4)15-14-23(5)27-16-17-28-30-24(9-2)21-26-13-10-11-19-31(26,6)29(30)18-20-32(27,28)7/h22-30H,8-21H2,1-7H3. The number of hydrogen-bond donors (Lipinski definition) is 0. The Morgan fingerprint density at radius 2 is 1.53 bits per heavy atom. The van der Waals surface area contributed by atoms with Crippen molar-refractivity contribution in [2.45, 2.75) is 138 Å². The zero-order valence-electron chi connectivity index (χ0n) is 23.1. The molecule has 0 bridgehead atoms. The van der Waals surface area contributed by atoms with Crippen molar-refractivity contribution in [1.82, 2.24) is 0 Å². The van der Waals surface area contributed by atoms with Crippen LogP contribution in [0.15, 0.2) is 0 Å². The molecule has 186 valence electrons. The lowest BCUT2D eigenvalue weighted by molar-refractivity contribution is -0.141. The summed E-state index contributed by atoms with van der Waals surface area (Å²) in [6, 6.07) is 0. The van der Waals surface area contributed by atoms with Crippen LogP contribution in [0.4, 0.5) is 0 Å². The molecule has 0 spiro atoms. The summed E-state index contributed by atoms with van der Waals surface area (Å²) in [6.45, 7) is 18.1. The molecular formula is C32H58. The Labute approximate surface area is 202 Å². The Hall–Kier alpha value is 0. The highest BCUT2D eigenvalue weighted by Gasteiger charge is 2.62. The average molecular weight is 443 g/mol. The Bertz CT molecular complexity index is 605. The van der Waals surface area contributed by atoms with Gasteiger partial charge in [-0.3, -0.25) is 0 Å². The van der Waals surface area contributed by atoms with Crippen LogP contribution in [0.25, 0.3) is 0 Å². The minimum absolute atomic E-state index is 0.643. The minimum atomic E-state index is 0.643. The van der Waals surface area contributed by atoms with E-state index in [0.717, 1.165) is 53.3 Å². The molecule has 10 unspecified atom stereocenters. The Morgan fingerprint density at radius 1 is 0.781 bits per heavy atom. The number of rotatable bonds is 8. The topological polar surface area (TPSA) is 0 Å². The maximum Gasteiger partial charge on any atom is -0.0264 e. The summed E-state index contributed by atoms with van der Waals surface area (Å²) in [5.41, 5.74) is 1.33. The van der Waals surface area contributed by atoms with Gasteiger partial charge < -0.3 is 0 Å². The van der Waals surface area contributed by atoms with E-state index in [1.165, 1.54) is 44.9 Å². The second kappa shape index (κ2) is 9.93. The summed E-state index contributed by atoms with van der Waals surface area (Å²) in [7, 11) is 0. The van der Waals surface area contributed by atoms with E-state index in [0.29, 0.717) is 10.8 Å². The highest BCUT2D eigenvalue weighted by atomic mass is 14.7. The van der Waals surface area contributed by atoms with Gasteiger partial charge in [-0.2, -0.15) is 0 Å². The van der Waals surface area contributed by atoms with Crippen molar-refractivity contribution in [2.24, 2.45) is 64.1 Å². The third-order valence-electron chi connectivity index (χ3n) is 12.6. The van der Waals surface area contributed by atoms with Crippen LogP contribution >= 0.6 is 0 Å². The van der Waals surface area contributed by atoms with Gasteiger partial charge in [0.15, 0.2) is 0 Å². The van der Waals surface area contributed by atoms with Gasteiger partial charge in [0.25, 0.3) is 0 Å². The quantitative estimate of drug-likeness (QED) is 0.350. The fourth-order valence-corrected chi connectivity index (χ4v) is 10.7. The summed E-state index contributed by atoms with van der Waals surface area (Å²) < 4.78 is 0. The van der Waals surface area contributed by atoms with Crippen molar-refractivity contribution >= 4 is 0 Å². The largest absolute Gasteiger partial charge is 0.0654 e. The molecule has 10 atom stereocenters. The van der Waals surface area contributed by atoms with E-state index in [9.17, 15) is 0 Å². The van der Waals surface area contributed by atoms with Gasteiger partial charge in [-0.1, -0.05) is 87.0 Å². The van der Waals surface area contributed by atoms with Gasteiger partial charge in [-0.15, -0.1) is 0 Å². The highest BCUT2D eigenvalue weighted by molar-refractivity contribution is 5.11. The summed E-state index contributed by atoms with van der Waals surface area (Å²) in [4.78, 5) is 0. The van der Waals surface area contributed by atoms with Crippen molar-refractivity contribution in [2.75, 3.05) is 0 Å². The summed E-state index contributed by atoms with van der Waals surface area (Å²) in [6.07, 6.45) is 21.2. The molecule has 4 rings (SSSR count). The smallest absolute Gasteiger partial charge is 0.0264 e. The molecule has 0 saturated heterocycles. The molecule has 4 aliphatic rings. The van der Waals surface area contributed by atoms with Crippen LogP contribution in [-0.2, 0) is 0 Å². The molecule has 32 heavy (non-hydrogen) atoms. The Morgan fingerprint density at radius 3 is 2.22 bits per heavy atom. The zero-order valence-corrected chi connectivity index (χ0v) is 23.1. The molecule has 0 nitrogen and oxygen atoms in total. The maximum atomic E-state index is 2.79. The van der Waals surface area contributed by atoms with Crippen LogP contribution in [0, 0.1) is 64.1 Å². The highest BCUT2D eigenvalue weighted by Crippen LogP contribution is 2.69. The predicted molar refractivity (Wildman–Crippen MR) is 141 cm³/mol. The minimum Gasteiger partial charge on any atom is -0.0654 e. The zero-order chi connectivity index (χ0) is 23.1. The van der Waals surface area contributed by atoms with Crippen molar-refractivity contribution in [1.29, 1.82) is 0 Å². The van der Waals surface area contributed by atoms with Crippen LogP contribution in [0.2, 0.25) is 0 Å². The Kier molecular flexibility index (Phi) is 7.79. The van der Waals surface area contributed by atoms with E-state index in [-0.39, 0.29) is 0 Å². The fourth-order valence-electron chi connectivity index (χ4n) is 10.7. The molecule has 0 radical (unpaired) electrons. The van der Waals surface area contributed by atoms with Gasteiger partial charge in [0.2, 0.25) is 0 Å².